The topological polar surface area (TPSA) is 115 Å². The number of carbonyl (C=O) groups is 3. The molecule has 0 aromatic heterocycles. The Balaban J connectivity index is 1.82. The van der Waals surface area contributed by atoms with Crippen LogP contribution in [0.2, 0.25) is 0 Å². The first-order valence-electron chi connectivity index (χ1n) is 11.2. The molecule has 0 aliphatic carbocycles. The maximum Gasteiger partial charge on any atom is 0.416 e. The molecule has 2 aromatic rings. The molecular formula is C25H23Cl3N2O8. The summed E-state index contributed by atoms with van der Waals surface area (Å²) >= 11 is 17.2. The molecule has 38 heavy (non-hydrogen) atoms. The second kappa shape index (κ2) is 10.9. The van der Waals surface area contributed by atoms with Crippen LogP contribution in [0.15, 0.2) is 42.6 Å². The first kappa shape index (κ1) is 27.8. The first-order chi connectivity index (χ1) is 17.9. The average molecular weight is 586 g/mol. The maximum atomic E-state index is 13.8. The number of aliphatic hydroxyl groups excluding tert-OH is 1. The zero-order valence-corrected chi connectivity index (χ0v) is 22.7. The van der Waals surface area contributed by atoms with E-state index in [9.17, 15) is 19.5 Å². The fourth-order valence-corrected chi connectivity index (χ4v) is 4.45. The first-order valence-corrected chi connectivity index (χ1v) is 12.4. The number of methoxy groups -OCH3 is 2. The second-order valence-corrected chi connectivity index (χ2v) is 11.0. The lowest BCUT2D eigenvalue weighted by Gasteiger charge is -2.32. The molecule has 202 valence electrons. The number of ether oxygens (including phenoxy) is 4. The van der Waals surface area contributed by atoms with E-state index in [1.807, 2.05) is 12.1 Å². The number of benzene rings is 2. The van der Waals surface area contributed by atoms with E-state index in [1.54, 1.807) is 25.4 Å². The summed E-state index contributed by atoms with van der Waals surface area (Å²) in [7, 11) is 2.88. The third-order valence-electron chi connectivity index (χ3n) is 5.97. The number of rotatable bonds is 5. The van der Waals surface area contributed by atoms with Crippen LogP contribution in [0.3, 0.4) is 0 Å². The highest BCUT2D eigenvalue weighted by atomic mass is 35.6. The van der Waals surface area contributed by atoms with Crippen molar-refractivity contribution in [2.75, 3.05) is 25.7 Å². The monoisotopic (exact) mass is 584 g/mol. The molecule has 1 N–H and O–H groups in total. The molecule has 0 saturated heterocycles. The number of fused-ring (bicyclic) bond motifs is 2. The summed E-state index contributed by atoms with van der Waals surface area (Å²) < 4.78 is 19.0. The SMILES string of the molecule is COc1ccc(C2=CN3C(=O)c4cc(OC)c(OC(C)=O)cc4N(C(=O)OCC(Cl)(Cl)Cl)C(O)[C@@H]3C2)cc1. The lowest BCUT2D eigenvalue weighted by Crippen LogP contribution is -2.50. The Bertz CT molecular complexity index is 1290. The van der Waals surface area contributed by atoms with Crippen molar-refractivity contribution in [3.63, 3.8) is 0 Å². The number of alkyl halides is 3. The quantitative estimate of drug-likeness (QED) is 0.309. The van der Waals surface area contributed by atoms with Crippen molar-refractivity contribution < 1.29 is 38.4 Å². The minimum absolute atomic E-state index is 0.0163. The van der Waals surface area contributed by atoms with Gasteiger partial charge in [0.2, 0.25) is 3.79 Å². The molecule has 2 amide bonds. The molecule has 2 heterocycles. The number of halogens is 3. The van der Waals surface area contributed by atoms with Gasteiger partial charge in [-0.25, -0.2) is 9.69 Å². The largest absolute Gasteiger partial charge is 0.497 e. The van der Waals surface area contributed by atoms with E-state index in [2.05, 4.69) is 0 Å². The second-order valence-electron chi connectivity index (χ2n) is 8.43. The van der Waals surface area contributed by atoms with Crippen molar-refractivity contribution in [3.8, 4) is 17.2 Å². The van der Waals surface area contributed by atoms with Gasteiger partial charge in [-0.05, 0) is 35.8 Å². The molecule has 0 spiro atoms. The predicted octanol–water partition coefficient (Wildman–Crippen LogP) is 4.53. The van der Waals surface area contributed by atoms with Crippen molar-refractivity contribution in [2.45, 2.75) is 29.4 Å². The van der Waals surface area contributed by atoms with Gasteiger partial charge in [0, 0.05) is 19.2 Å². The van der Waals surface area contributed by atoms with E-state index in [0.717, 1.165) is 16.0 Å². The molecule has 10 nitrogen and oxygen atoms in total. The number of nitrogens with zero attached hydrogens (tertiary/aromatic N) is 2. The predicted molar refractivity (Wildman–Crippen MR) is 140 cm³/mol. The Hall–Kier alpha value is -3.18. The summed E-state index contributed by atoms with van der Waals surface area (Å²) in [4.78, 5) is 40.9. The van der Waals surface area contributed by atoms with E-state index in [4.69, 9.17) is 53.8 Å². The number of hydrogen-bond donors (Lipinski definition) is 1. The molecule has 1 unspecified atom stereocenters. The molecule has 4 rings (SSSR count). The Labute approximate surface area is 233 Å². The molecular weight excluding hydrogens is 563 g/mol. The molecule has 0 saturated carbocycles. The van der Waals surface area contributed by atoms with Crippen LogP contribution in [-0.2, 0) is 9.53 Å². The van der Waals surface area contributed by atoms with Gasteiger partial charge in [0.05, 0.1) is 31.5 Å². The number of hydrogen-bond acceptors (Lipinski definition) is 8. The fourth-order valence-electron chi connectivity index (χ4n) is 4.28. The van der Waals surface area contributed by atoms with E-state index in [1.165, 1.54) is 31.1 Å². The lowest BCUT2D eigenvalue weighted by atomic mass is 10.0. The summed E-state index contributed by atoms with van der Waals surface area (Å²) in [6.45, 7) is 0.555. The number of carbonyl (C=O) groups excluding carboxylic acids is 3. The van der Waals surface area contributed by atoms with Crippen molar-refractivity contribution in [1.82, 2.24) is 4.90 Å². The van der Waals surface area contributed by atoms with Gasteiger partial charge in [-0.15, -0.1) is 0 Å². The van der Waals surface area contributed by atoms with Gasteiger partial charge >= 0.3 is 12.1 Å². The van der Waals surface area contributed by atoms with Crippen molar-refractivity contribution in [2.24, 2.45) is 0 Å². The maximum absolute atomic E-state index is 13.8. The van der Waals surface area contributed by atoms with Crippen LogP contribution in [0.1, 0.15) is 29.3 Å². The van der Waals surface area contributed by atoms with Gasteiger partial charge in [-0.2, -0.15) is 0 Å². The van der Waals surface area contributed by atoms with Crippen molar-refractivity contribution >= 4 is 64.0 Å². The molecule has 2 aliphatic heterocycles. The number of anilines is 1. The average Bonchev–Trinajstić information content (AvgIpc) is 3.29. The highest BCUT2D eigenvalue weighted by Gasteiger charge is 2.46. The fraction of sp³-hybridized carbons (Fsp3) is 0.320. The minimum atomic E-state index is -1.92. The summed E-state index contributed by atoms with van der Waals surface area (Å²) in [5.41, 5.74) is 1.44. The van der Waals surface area contributed by atoms with Crippen LogP contribution < -0.4 is 19.1 Å². The van der Waals surface area contributed by atoms with E-state index in [0.29, 0.717) is 5.75 Å². The van der Waals surface area contributed by atoms with Crippen molar-refractivity contribution in [3.05, 3.63) is 53.7 Å². The van der Waals surface area contributed by atoms with Gasteiger partial charge in [-0.1, -0.05) is 46.9 Å². The smallest absolute Gasteiger partial charge is 0.416 e. The van der Waals surface area contributed by atoms with Crippen LogP contribution in [0, 0.1) is 0 Å². The molecule has 2 aliphatic rings. The zero-order valence-electron chi connectivity index (χ0n) is 20.4. The number of amides is 2. The van der Waals surface area contributed by atoms with Crippen LogP contribution >= 0.6 is 34.8 Å². The summed E-state index contributed by atoms with van der Waals surface area (Å²) in [6.07, 6.45) is -0.856. The van der Waals surface area contributed by atoms with Crippen LogP contribution in [-0.4, -0.2) is 64.9 Å². The van der Waals surface area contributed by atoms with Gasteiger partial charge in [-0.3, -0.25) is 9.59 Å². The highest BCUT2D eigenvalue weighted by molar-refractivity contribution is 6.67. The lowest BCUT2D eigenvalue weighted by molar-refractivity contribution is -0.132. The molecule has 0 radical (unpaired) electrons. The Morgan fingerprint density at radius 3 is 2.34 bits per heavy atom. The van der Waals surface area contributed by atoms with Gasteiger partial charge in [0.1, 0.15) is 12.4 Å². The van der Waals surface area contributed by atoms with Crippen LogP contribution in [0.25, 0.3) is 5.57 Å². The molecule has 2 aromatic carbocycles. The molecule has 0 fully saturated rings. The van der Waals surface area contributed by atoms with E-state index < -0.39 is 40.6 Å². The van der Waals surface area contributed by atoms with E-state index >= 15 is 0 Å². The summed E-state index contributed by atoms with van der Waals surface area (Å²) in [6, 6.07) is 8.86. The van der Waals surface area contributed by atoms with Gasteiger partial charge < -0.3 is 29.0 Å². The molecule has 13 heteroatoms. The third-order valence-corrected chi connectivity index (χ3v) is 6.29. The van der Waals surface area contributed by atoms with Crippen LogP contribution in [0.5, 0.6) is 17.2 Å². The van der Waals surface area contributed by atoms with Crippen LogP contribution in [0.4, 0.5) is 10.5 Å². The normalized spacial score (nSPS) is 18.7. The van der Waals surface area contributed by atoms with Crippen molar-refractivity contribution in [1.29, 1.82) is 0 Å². The molecule has 2 atom stereocenters. The Morgan fingerprint density at radius 2 is 1.76 bits per heavy atom. The Kier molecular flexibility index (Phi) is 7.98. The number of esters is 1. The third kappa shape index (κ3) is 5.63. The summed E-state index contributed by atoms with van der Waals surface area (Å²) in [5, 5.41) is 11.5. The van der Waals surface area contributed by atoms with E-state index in [-0.39, 0.29) is 29.2 Å². The zero-order chi connectivity index (χ0) is 27.8. The Morgan fingerprint density at radius 1 is 1.08 bits per heavy atom. The minimum Gasteiger partial charge on any atom is -0.497 e. The molecule has 0 bridgehead atoms. The number of aliphatic hydroxyl groups is 1. The standard InChI is InChI=1S/C25H23Cl3N2O8/c1-13(31)38-21-10-18-17(9-20(21)36-3)22(32)29-11-15(14-4-6-16(35-2)7-5-14)8-19(29)23(33)30(18)24(34)37-12-25(26,27)28/h4-7,9-11,19,23,33H,8,12H2,1-3H3/t19-,23?/m0/s1. The summed E-state index contributed by atoms with van der Waals surface area (Å²) in [5.74, 6) is -0.549. The van der Waals surface area contributed by atoms with Gasteiger partial charge in [0.25, 0.3) is 5.91 Å². The highest BCUT2D eigenvalue weighted by Crippen LogP contribution is 2.43. The van der Waals surface area contributed by atoms with Gasteiger partial charge in [0.15, 0.2) is 17.7 Å².